The number of hydrogen-bond acceptors (Lipinski definition) is 5. The van der Waals surface area contributed by atoms with E-state index in [1.165, 1.54) is 14.2 Å². The quantitative estimate of drug-likeness (QED) is 0.234. The molecule has 1 heterocycles. The van der Waals surface area contributed by atoms with Gasteiger partial charge in [0.1, 0.15) is 12.3 Å². The Morgan fingerprint density at radius 3 is 2.68 bits per heavy atom. The zero-order chi connectivity index (χ0) is 20.3. The molecule has 1 aromatic heterocycles. The van der Waals surface area contributed by atoms with Gasteiger partial charge in [0, 0.05) is 22.0 Å². The molecule has 28 heavy (non-hydrogen) atoms. The first kappa shape index (κ1) is 20.1. The van der Waals surface area contributed by atoms with Crippen LogP contribution in [0.3, 0.4) is 0 Å². The number of aldehydes is 1. The maximum Gasteiger partial charge on any atom is 0.360 e. The Hall–Kier alpha value is -2.64. The fourth-order valence-electron chi connectivity index (χ4n) is 3.03. The molecule has 8 heteroatoms. The van der Waals surface area contributed by atoms with E-state index in [0.29, 0.717) is 22.8 Å². The van der Waals surface area contributed by atoms with Gasteiger partial charge in [-0.15, -0.1) is 0 Å². The lowest BCUT2D eigenvalue weighted by atomic mass is 10.0. The summed E-state index contributed by atoms with van der Waals surface area (Å²) in [5.74, 6) is -0.615. The molecule has 0 bridgehead atoms. The lowest BCUT2D eigenvalue weighted by molar-refractivity contribution is -0.132. The van der Waals surface area contributed by atoms with E-state index in [4.69, 9.17) is 21.2 Å². The van der Waals surface area contributed by atoms with Crippen LogP contribution in [0.15, 0.2) is 52.1 Å². The fraction of sp³-hybridized carbons (Fsp3) is 0.150. The molecule has 0 N–H and O–H groups in total. The summed E-state index contributed by atoms with van der Waals surface area (Å²) in [5, 5.41) is 4.88. The summed E-state index contributed by atoms with van der Waals surface area (Å²) < 4.78 is 7.48. The largest absolute Gasteiger partial charge is 0.464 e. The van der Waals surface area contributed by atoms with E-state index >= 15 is 0 Å². The molecule has 144 valence electrons. The summed E-state index contributed by atoms with van der Waals surface area (Å²) in [4.78, 5) is 28.6. The Balaban J connectivity index is 2.16. The Morgan fingerprint density at radius 1 is 1.25 bits per heavy atom. The first-order chi connectivity index (χ1) is 13.5. The Kier molecular flexibility index (Phi) is 6.16. The van der Waals surface area contributed by atoms with Crippen LogP contribution in [-0.2, 0) is 20.9 Å². The van der Waals surface area contributed by atoms with E-state index in [0.717, 1.165) is 27.2 Å². The molecule has 0 aliphatic heterocycles. The van der Waals surface area contributed by atoms with Crippen molar-refractivity contribution in [3.05, 3.63) is 68.8 Å². The van der Waals surface area contributed by atoms with Crippen molar-refractivity contribution in [1.29, 1.82) is 0 Å². The van der Waals surface area contributed by atoms with E-state index < -0.39 is 5.97 Å². The number of rotatable bonds is 6. The number of nitrogens with zero attached hydrogens (tertiary/aromatic N) is 2. The van der Waals surface area contributed by atoms with Crippen LogP contribution in [0.25, 0.3) is 10.9 Å². The lowest BCUT2D eigenvalue weighted by Gasteiger charge is -2.13. The third-order valence-corrected chi connectivity index (χ3v) is 5.18. The van der Waals surface area contributed by atoms with Crippen molar-refractivity contribution in [1.82, 2.24) is 4.57 Å². The predicted molar refractivity (Wildman–Crippen MR) is 111 cm³/mol. The monoisotopic (exact) mass is 462 g/mol. The fourth-order valence-corrected chi connectivity index (χ4v) is 3.69. The molecule has 0 fully saturated rings. The zero-order valence-electron chi connectivity index (χ0n) is 15.1. The van der Waals surface area contributed by atoms with E-state index in [9.17, 15) is 9.59 Å². The molecule has 0 amide bonds. The van der Waals surface area contributed by atoms with Gasteiger partial charge in [0.2, 0.25) is 0 Å². The second-order valence-corrected chi connectivity index (χ2v) is 7.11. The van der Waals surface area contributed by atoms with E-state index in [1.807, 2.05) is 34.9 Å². The smallest absolute Gasteiger partial charge is 0.360 e. The molecule has 3 rings (SSSR count). The highest BCUT2D eigenvalue weighted by atomic mass is 79.9. The first-order valence-electron chi connectivity index (χ1n) is 8.22. The second-order valence-electron chi connectivity index (χ2n) is 5.84. The van der Waals surface area contributed by atoms with Crippen molar-refractivity contribution in [3.8, 4) is 0 Å². The van der Waals surface area contributed by atoms with E-state index in [1.54, 1.807) is 12.1 Å². The van der Waals surface area contributed by atoms with Crippen molar-refractivity contribution in [2.45, 2.75) is 6.54 Å². The van der Waals surface area contributed by atoms with Gasteiger partial charge in [-0.05, 0) is 23.8 Å². The number of hydrogen-bond donors (Lipinski definition) is 0. The summed E-state index contributed by atoms with van der Waals surface area (Å²) in [5.41, 5.74) is 2.58. The molecule has 3 aromatic rings. The summed E-state index contributed by atoms with van der Waals surface area (Å²) in [6, 6.07) is 12.8. The first-order valence-corrected chi connectivity index (χ1v) is 9.39. The molecule has 6 nitrogen and oxygen atoms in total. The van der Waals surface area contributed by atoms with Crippen LogP contribution in [0.4, 0.5) is 0 Å². The highest BCUT2D eigenvalue weighted by molar-refractivity contribution is 9.10. The summed E-state index contributed by atoms with van der Waals surface area (Å²) >= 11 is 9.93. The maximum absolute atomic E-state index is 12.2. The Labute approximate surface area is 174 Å². The number of carbonyl (C=O) groups is 2. The van der Waals surface area contributed by atoms with Crippen molar-refractivity contribution in [2.24, 2.45) is 5.16 Å². The van der Waals surface area contributed by atoms with Gasteiger partial charge >= 0.3 is 5.97 Å². The Morgan fingerprint density at radius 2 is 2.00 bits per heavy atom. The number of aromatic nitrogens is 1. The molecule has 0 spiro atoms. The molecule has 0 radical (unpaired) electrons. The second kappa shape index (κ2) is 8.58. The van der Waals surface area contributed by atoms with Gasteiger partial charge in [0.05, 0.1) is 18.2 Å². The van der Waals surface area contributed by atoms with Gasteiger partial charge in [0.15, 0.2) is 12.0 Å². The molecular formula is C20H16BrClN2O4. The van der Waals surface area contributed by atoms with Crippen LogP contribution in [0.2, 0.25) is 5.15 Å². The Bertz CT molecular complexity index is 1090. The van der Waals surface area contributed by atoms with E-state index in [-0.39, 0.29) is 5.71 Å². The van der Waals surface area contributed by atoms with E-state index in [2.05, 4.69) is 21.1 Å². The molecule has 2 aromatic carbocycles. The van der Waals surface area contributed by atoms with Crippen LogP contribution in [-0.4, -0.2) is 36.8 Å². The number of halogens is 2. The molecule has 0 unspecified atom stereocenters. The van der Waals surface area contributed by atoms with Crippen molar-refractivity contribution < 1.29 is 19.2 Å². The van der Waals surface area contributed by atoms with Gasteiger partial charge in [0.25, 0.3) is 0 Å². The third-order valence-electron chi connectivity index (χ3n) is 4.28. The minimum absolute atomic E-state index is 0.0477. The third kappa shape index (κ3) is 3.68. The maximum atomic E-state index is 12.2. The standard InChI is InChI=1S/C20H16BrClN2O4/c1-27-20(26)18(23-28-2)14-6-4-3-5-12(14)10-24-17-8-7-13(21)9-15(17)16(11-25)19(24)22/h3-9,11H,10H2,1-2H3/b23-18+. The summed E-state index contributed by atoms with van der Waals surface area (Å²) in [7, 11) is 2.64. The van der Waals surface area contributed by atoms with Gasteiger partial charge in [-0.2, -0.15) is 0 Å². The van der Waals surface area contributed by atoms with Gasteiger partial charge < -0.3 is 14.1 Å². The minimum atomic E-state index is -0.615. The number of ether oxygens (including phenoxy) is 1. The molecule has 0 aliphatic carbocycles. The van der Waals surface area contributed by atoms with Crippen molar-refractivity contribution >= 4 is 56.4 Å². The number of methoxy groups -OCH3 is 1. The number of oxime groups is 1. The molecular weight excluding hydrogens is 448 g/mol. The van der Waals surface area contributed by atoms with Crippen molar-refractivity contribution in [2.75, 3.05) is 14.2 Å². The highest BCUT2D eigenvalue weighted by Gasteiger charge is 2.21. The predicted octanol–water partition coefficient (Wildman–Crippen LogP) is 4.44. The minimum Gasteiger partial charge on any atom is -0.464 e. The molecule has 0 atom stereocenters. The molecule has 0 saturated carbocycles. The summed E-state index contributed by atoms with van der Waals surface area (Å²) in [6.07, 6.45) is 0.742. The van der Waals surface area contributed by atoms with Crippen molar-refractivity contribution in [3.63, 3.8) is 0 Å². The van der Waals surface area contributed by atoms with Crippen LogP contribution >= 0.6 is 27.5 Å². The molecule has 0 saturated heterocycles. The van der Waals surface area contributed by atoms with Crippen LogP contribution in [0.5, 0.6) is 0 Å². The normalized spacial score (nSPS) is 11.5. The van der Waals surface area contributed by atoms with Gasteiger partial charge in [-0.1, -0.05) is 57.0 Å². The average Bonchev–Trinajstić information content (AvgIpc) is 2.96. The van der Waals surface area contributed by atoms with Gasteiger partial charge in [-0.25, -0.2) is 4.79 Å². The number of fused-ring (bicyclic) bond motifs is 1. The lowest BCUT2D eigenvalue weighted by Crippen LogP contribution is -2.20. The van der Waals surface area contributed by atoms with Crippen LogP contribution in [0, 0.1) is 0 Å². The number of carbonyl (C=O) groups excluding carboxylic acids is 2. The van der Waals surface area contributed by atoms with Crippen LogP contribution < -0.4 is 0 Å². The highest BCUT2D eigenvalue weighted by Crippen LogP contribution is 2.32. The average molecular weight is 464 g/mol. The van der Waals surface area contributed by atoms with Gasteiger partial charge in [-0.3, -0.25) is 4.79 Å². The topological polar surface area (TPSA) is 69.9 Å². The zero-order valence-corrected chi connectivity index (χ0v) is 17.5. The molecule has 0 aliphatic rings. The van der Waals surface area contributed by atoms with Crippen LogP contribution in [0.1, 0.15) is 21.5 Å². The number of benzene rings is 2. The summed E-state index contributed by atoms with van der Waals surface area (Å²) in [6.45, 7) is 0.320. The SMILES string of the molecule is CO/N=C(/C(=O)OC)c1ccccc1Cn1c(Cl)c(C=O)c2cc(Br)ccc21. The number of esters is 1.